The van der Waals surface area contributed by atoms with Crippen molar-refractivity contribution in [3.63, 3.8) is 0 Å². The van der Waals surface area contributed by atoms with Gasteiger partial charge >= 0.3 is 0 Å². The molecule has 0 fully saturated rings. The van der Waals surface area contributed by atoms with E-state index < -0.39 is 0 Å². The molecule has 0 spiro atoms. The van der Waals surface area contributed by atoms with Gasteiger partial charge in [-0.1, -0.05) is 170 Å². The van der Waals surface area contributed by atoms with Crippen molar-refractivity contribution < 1.29 is 0 Å². The quantitative estimate of drug-likeness (QED) is 0.160. The number of rotatable bonds is 6. The SMILES string of the molecule is c1ccc(-n2c3ccccc3c3cc(-c4ccc(-c5ccccc5-c5ccc6c(c5)c5ccccc5n6-c5ccccc5-c5ccc6ccccc6c5)cc4)ccc32)cc1. The van der Waals surface area contributed by atoms with Crippen LogP contribution in [-0.4, -0.2) is 9.13 Å². The Labute approximate surface area is 348 Å². The third kappa shape index (κ3) is 5.50. The van der Waals surface area contributed by atoms with Gasteiger partial charge in [-0.15, -0.1) is 0 Å². The smallest absolute Gasteiger partial charge is 0.0541 e. The molecule has 0 bridgehead atoms. The maximum Gasteiger partial charge on any atom is 0.0541 e. The zero-order chi connectivity index (χ0) is 39.6. The predicted octanol–water partition coefficient (Wildman–Crippen LogP) is 15.7. The van der Waals surface area contributed by atoms with Gasteiger partial charge in [0.05, 0.1) is 27.8 Å². The largest absolute Gasteiger partial charge is 0.309 e. The topological polar surface area (TPSA) is 9.86 Å². The summed E-state index contributed by atoms with van der Waals surface area (Å²) in [6.45, 7) is 0. The molecule has 12 rings (SSSR count). The van der Waals surface area contributed by atoms with Crippen molar-refractivity contribution >= 4 is 54.4 Å². The highest BCUT2D eigenvalue weighted by Gasteiger charge is 2.18. The minimum atomic E-state index is 1.17. The lowest BCUT2D eigenvalue weighted by atomic mass is 9.92. The van der Waals surface area contributed by atoms with Gasteiger partial charge in [0.25, 0.3) is 0 Å². The van der Waals surface area contributed by atoms with Crippen LogP contribution in [0.1, 0.15) is 0 Å². The highest BCUT2D eigenvalue weighted by atomic mass is 15.0. The second-order valence-electron chi connectivity index (χ2n) is 15.7. The van der Waals surface area contributed by atoms with Gasteiger partial charge in [0.1, 0.15) is 0 Å². The van der Waals surface area contributed by atoms with Crippen molar-refractivity contribution in [1.29, 1.82) is 0 Å². The van der Waals surface area contributed by atoms with Crippen molar-refractivity contribution in [1.82, 2.24) is 9.13 Å². The first kappa shape index (κ1) is 34.1. The second-order valence-corrected chi connectivity index (χ2v) is 15.7. The van der Waals surface area contributed by atoms with Crippen LogP contribution in [0.2, 0.25) is 0 Å². The number of benzene rings is 10. The van der Waals surface area contributed by atoms with Crippen LogP contribution in [0.25, 0.3) is 110 Å². The van der Waals surface area contributed by atoms with Crippen LogP contribution >= 0.6 is 0 Å². The van der Waals surface area contributed by atoms with Crippen LogP contribution in [0.3, 0.4) is 0 Å². The van der Waals surface area contributed by atoms with E-state index >= 15 is 0 Å². The Kier molecular flexibility index (Phi) is 7.89. The molecular formula is C58H38N2. The number of fused-ring (bicyclic) bond motifs is 7. The van der Waals surface area contributed by atoms with Crippen molar-refractivity contribution in [2.45, 2.75) is 0 Å². The van der Waals surface area contributed by atoms with Crippen LogP contribution in [-0.2, 0) is 0 Å². The van der Waals surface area contributed by atoms with Crippen molar-refractivity contribution in [2.24, 2.45) is 0 Å². The molecule has 0 saturated carbocycles. The Bertz CT molecular complexity index is 3590. The Morgan fingerprint density at radius 3 is 1.45 bits per heavy atom. The minimum Gasteiger partial charge on any atom is -0.309 e. The molecule has 0 N–H and O–H groups in total. The Morgan fingerprint density at radius 1 is 0.233 bits per heavy atom. The summed E-state index contributed by atoms with van der Waals surface area (Å²) < 4.78 is 4.81. The number of hydrogen-bond donors (Lipinski definition) is 0. The minimum absolute atomic E-state index is 1.17. The first-order valence-corrected chi connectivity index (χ1v) is 20.7. The molecule has 0 unspecified atom stereocenters. The van der Waals surface area contributed by atoms with E-state index in [1.54, 1.807) is 0 Å². The number of aromatic nitrogens is 2. The van der Waals surface area contributed by atoms with E-state index in [1.807, 2.05) is 0 Å². The first-order valence-electron chi connectivity index (χ1n) is 20.7. The maximum absolute atomic E-state index is 2.44. The van der Waals surface area contributed by atoms with Gasteiger partial charge in [0, 0.05) is 32.8 Å². The number of hydrogen-bond acceptors (Lipinski definition) is 0. The molecule has 2 nitrogen and oxygen atoms in total. The zero-order valence-electron chi connectivity index (χ0n) is 32.8. The van der Waals surface area contributed by atoms with Crippen molar-refractivity contribution in [3.05, 3.63) is 231 Å². The summed E-state index contributed by atoms with van der Waals surface area (Å²) in [4.78, 5) is 0. The average molecular weight is 763 g/mol. The zero-order valence-corrected chi connectivity index (χ0v) is 32.8. The fourth-order valence-electron chi connectivity index (χ4n) is 9.51. The van der Waals surface area contributed by atoms with Gasteiger partial charge in [0.15, 0.2) is 0 Å². The molecule has 2 heterocycles. The third-order valence-corrected chi connectivity index (χ3v) is 12.3. The van der Waals surface area contributed by atoms with E-state index in [2.05, 4.69) is 240 Å². The summed E-state index contributed by atoms with van der Waals surface area (Å²) in [7, 11) is 0. The lowest BCUT2D eigenvalue weighted by molar-refractivity contribution is 1.18. The molecule has 0 radical (unpaired) electrons. The van der Waals surface area contributed by atoms with Crippen LogP contribution in [0.15, 0.2) is 231 Å². The highest BCUT2D eigenvalue weighted by molar-refractivity contribution is 6.12. The van der Waals surface area contributed by atoms with E-state index in [-0.39, 0.29) is 0 Å². The average Bonchev–Trinajstić information content (AvgIpc) is 3.84. The van der Waals surface area contributed by atoms with Crippen molar-refractivity contribution in [3.8, 4) is 55.9 Å². The summed E-state index contributed by atoms with van der Waals surface area (Å²) in [6, 6.07) is 84.2. The van der Waals surface area contributed by atoms with E-state index in [0.29, 0.717) is 0 Å². The number of para-hydroxylation sites is 4. The van der Waals surface area contributed by atoms with Gasteiger partial charge in [-0.05, 0) is 110 Å². The molecule has 2 heteroatoms. The van der Waals surface area contributed by atoms with Crippen LogP contribution in [0, 0.1) is 0 Å². The highest BCUT2D eigenvalue weighted by Crippen LogP contribution is 2.41. The maximum atomic E-state index is 2.44. The Morgan fingerprint density at radius 2 is 0.700 bits per heavy atom. The lowest BCUT2D eigenvalue weighted by Gasteiger charge is -2.15. The van der Waals surface area contributed by atoms with E-state index in [1.165, 1.54) is 110 Å². The summed E-state index contributed by atoms with van der Waals surface area (Å²) in [5.74, 6) is 0. The molecule has 0 aliphatic carbocycles. The van der Waals surface area contributed by atoms with E-state index in [4.69, 9.17) is 0 Å². The van der Waals surface area contributed by atoms with Gasteiger partial charge in [-0.3, -0.25) is 0 Å². The molecule has 0 amide bonds. The molecule has 2 aromatic heterocycles. The standard InChI is InChI=1S/C58H38N2/c1-2-16-46(17-3-1)59-55-24-12-9-21-50(55)52-37-43(32-34-57(52)59)40-26-29-41(30-27-40)47-18-6-7-19-48(47)45-33-35-58-53(38-45)51-22-10-13-25-56(51)60(58)54-23-11-8-20-49(54)44-31-28-39-14-4-5-15-42(39)36-44/h1-38H. The summed E-state index contributed by atoms with van der Waals surface area (Å²) in [5, 5.41) is 7.50. The van der Waals surface area contributed by atoms with E-state index in [0.717, 1.165) is 0 Å². The van der Waals surface area contributed by atoms with Gasteiger partial charge in [-0.2, -0.15) is 0 Å². The summed E-state index contributed by atoms with van der Waals surface area (Å²) in [6.07, 6.45) is 0. The molecular weight excluding hydrogens is 725 g/mol. The molecule has 0 atom stereocenters. The number of nitrogens with zero attached hydrogens (tertiary/aromatic N) is 2. The lowest BCUT2D eigenvalue weighted by Crippen LogP contribution is -1.97. The van der Waals surface area contributed by atoms with Crippen LogP contribution in [0.5, 0.6) is 0 Å². The molecule has 10 aromatic carbocycles. The van der Waals surface area contributed by atoms with Crippen LogP contribution < -0.4 is 0 Å². The molecule has 0 aliphatic rings. The Balaban J connectivity index is 0.933. The first-order chi connectivity index (χ1) is 29.8. The monoisotopic (exact) mass is 762 g/mol. The van der Waals surface area contributed by atoms with Crippen molar-refractivity contribution in [2.75, 3.05) is 0 Å². The van der Waals surface area contributed by atoms with Gasteiger partial charge in [-0.25, -0.2) is 0 Å². The van der Waals surface area contributed by atoms with Gasteiger partial charge < -0.3 is 9.13 Å². The third-order valence-electron chi connectivity index (χ3n) is 12.3. The van der Waals surface area contributed by atoms with E-state index in [9.17, 15) is 0 Å². The van der Waals surface area contributed by atoms with Crippen LogP contribution in [0.4, 0.5) is 0 Å². The molecule has 280 valence electrons. The normalized spacial score (nSPS) is 11.7. The summed E-state index contributed by atoms with van der Waals surface area (Å²) >= 11 is 0. The summed E-state index contributed by atoms with van der Waals surface area (Å²) in [5.41, 5.74) is 16.8. The molecule has 12 aromatic rings. The van der Waals surface area contributed by atoms with Gasteiger partial charge in [0.2, 0.25) is 0 Å². The molecule has 60 heavy (non-hydrogen) atoms. The fourth-order valence-corrected chi connectivity index (χ4v) is 9.51. The predicted molar refractivity (Wildman–Crippen MR) is 254 cm³/mol. The Hall–Kier alpha value is -7.94. The fraction of sp³-hybridized carbons (Fsp3) is 0. The molecule has 0 aliphatic heterocycles. The molecule has 0 saturated heterocycles. The second kappa shape index (κ2) is 13.9.